The molecule has 0 aromatic carbocycles. The number of allylic oxidation sites excluding steroid dienone is 2. The lowest BCUT2D eigenvalue weighted by molar-refractivity contribution is -0.313. The highest BCUT2D eigenvalue weighted by Crippen LogP contribution is 2.65. The number of fused-ring (bicyclic) bond motifs is 10. The third-order valence-corrected chi connectivity index (χ3v) is 17.6. The van der Waals surface area contributed by atoms with Crippen LogP contribution < -0.4 is 0 Å². The zero-order valence-electron chi connectivity index (χ0n) is 39.0. The van der Waals surface area contributed by atoms with Gasteiger partial charge in [-0.3, -0.25) is 9.59 Å². The van der Waals surface area contributed by atoms with Gasteiger partial charge in [0.2, 0.25) is 0 Å². The van der Waals surface area contributed by atoms with Crippen LogP contribution in [-0.2, 0) is 48.1 Å². The van der Waals surface area contributed by atoms with Crippen LogP contribution in [0, 0.1) is 51.2 Å². The van der Waals surface area contributed by atoms with Crippen molar-refractivity contribution >= 4 is 11.9 Å². The van der Waals surface area contributed by atoms with E-state index in [1.165, 1.54) is 19.4 Å². The third kappa shape index (κ3) is 8.92. The summed E-state index contributed by atoms with van der Waals surface area (Å²) in [6.07, 6.45) is 14.4. The lowest BCUT2D eigenvalue weighted by atomic mass is 9.45. The summed E-state index contributed by atoms with van der Waals surface area (Å²) in [4.78, 5) is 45.6. The molecular formula is C50H78O12. The van der Waals surface area contributed by atoms with E-state index in [4.69, 9.17) is 38.5 Å². The van der Waals surface area contributed by atoms with Crippen molar-refractivity contribution in [2.45, 2.75) is 201 Å². The molecule has 0 bridgehead atoms. The fraction of sp³-hybridized carbons (Fsp3) is 0.840. The second kappa shape index (κ2) is 18.8. The number of esters is 2. The Kier molecular flexibility index (Phi) is 14.4. The van der Waals surface area contributed by atoms with E-state index >= 15 is 0 Å². The summed E-state index contributed by atoms with van der Waals surface area (Å²) in [7, 11) is 0. The van der Waals surface area contributed by atoms with Gasteiger partial charge in [0, 0.05) is 49.4 Å². The quantitative estimate of drug-likeness (QED) is 0.0634. The first-order chi connectivity index (χ1) is 29.4. The van der Waals surface area contributed by atoms with Gasteiger partial charge in [0.05, 0.1) is 37.6 Å². The molecule has 350 valence electrons. The smallest absolute Gasteiger partial charge is 0.303 e. The highest BCUT2D eigenvalue weighted by Gasteiger charge is 2.65. The van der Waals surface area contributed by atoms with E-state index in [2.05, 4.69) is 54.7 Å². The first-order valence-corrected chi connectivity index (χ1v) is 24.0. The molecule has 0 aromatic heterocycles. The molecular weight excluding hydrogens is 793 g/mol. The molecule has 5 saturated carbocycles. The van der Waals surface area contributed by atoms with Crippen molar-refractivity contribution in [3.05, 3.63) is 36.3 Å². The van der Waals surface area contributed by atoms with Crippen molar-refractivity contribution in [1.29, 1.82) is 0 Å². The zero-order chi connectivity index (χ0) is 44.8. The van der Waals surface area contributed by atoms with Crippen LogP contribution in [0.1, 0.15) is 152 Å². The van der Waals surface area contributed by atoms with E-state index < -0.39 is 12.2 Å². The van der Waals surface area contributed by atoms with Crippen LogP contribution in [0.5, 0.6) is 0 Å². The molecule has 17 atom stereocenters. The average molecular weight is 871 g/mol. The average Bonchev–Trinajstić information content (AvgIpc) is 3.72. The Hall–Kier alpha value is -2.48. The Morgan fingerprint density at radius 1 is 0.710 bits per heavy atom. The van der Waals surface area contributed by atoms with Crippen molar-refractivity contribution in [2.24, 2.45) is 51.2 Å². The number of ether oxygens (including phenoxy) is 4. The predicted octanol–water partition coefficient (Wildman–Crippen LogP) is 9.02. The van der Waals surface area contributed by atoms with Gasteiger partial charge in [-0.25, -0.2) is 0 Å². The van der Waals surface area contributed by atoms with E-state index in [1.807, 2.05) is 6.08 Å². The number of aliphatic hydroxyl groups is 2. The van der Waals surface area contributed by atoms with E-state index in [1.54, 1.807) is 0 Å². The standard InChI is InChI=1S/C25H40O6.C25H38O6/c2*1-6-7-15(2)30-31-18-8-10-24(4)17(12-18)13-20(27)22-19(24)9-11-25(5)21(29-16(3)26)14-28-23(22)25/h17-23,27H,2,6-14H2,1,3-5H3;13,18-23,27H,2,6-12,14H2,1,3-5H3/t17?,18-,19?,20-,21-,22?,23?,24-,25+;18-,19?,20-,21?,22?,23?,24-,25+/m00/s1. The molecule has 8 rings (SSSR count). The van der Waals surface area contributed by atoms with Crippen molar-refractivity contribution in [3.8, 4) is 0 Å². The normalized spacial score (nSPS) is 45.1. The van der Waals surface area contributed by atoms with Crippen LogP contribution in [-0.4, -0.2) is 84.2 Å². The van der Waals surface area contributed by atoms with Gasteiger partial charge in [-0.1, -0.05) is 66.3 Å². The molecule has 0 spiro atoms. The Morgan fingerprint density at radius 2 is 1.23 bits per heavy atom. The monoisotopic (exact) mass is 871 g/mol. The molecule has 2 aliphatic heterocycles. The largest absolute Gasteiger partial charge is 0.459 e. The van der Waals surface area contributed by atoms with Gasteiger partial charge in [0.1, 0.15) is 35.9 Å². The van der Waals surface area contributed by atoms with E-state index in [0.29, 0.717) is 42.5 Å². The Morgan fingerprint density at radius 3 is 1.79 bits per heavy atom. The Balaban J connectivity index is 0.000000186. The predicted molar refractivity (Wildman–Crippen MR) is 231 cm³/mol. The lowest BCUT2D eigenvalue weighted by Gasteiger charge is -2.61. The fourth-order valence-electron chi connectivity index (χ4n) is 14.1. The van der Waals surface area contributed by atoms with Crippen molar-refractivity contribution in [2.75, 3.05) is 13.2 Å². The minimum absolute atomic E-state index is 0.0124. The van der Waals surface area contributed by atoms with Crippen molar-refractivity contribution in [3.63, 3.8) is 0 Å². The maximum Gasteiger partial charge on any atom is 0.303 e. The van der Waals surface area contributed by atoms with Crippen LogP contribution in [0.2, 0.25) is 0 Å². The maximum atomic E-state index is 11.6. The van der Waals surface area contributed by atoms with Crippen molar-refractivity contribution in [1.82, 2.24) is 0 Å². The summed E-state index contributed by atoms with van der Waals surface area (Å²) in [5.74, 6) is 2.10. The topological polar surface area (TPSA) is 148 Å². The summed E-state index contributed by atoms with van der Waals surface area (Å²) in [6.45, 7) is 24.9. The van der Waals surface area contributed by atoms with Gasteiger partial charge in [0.25, 0.3) is 0 Å². The number of rotatable bonds is 12. The van der Waals surface area contributed by atoms with Gasteiger partial charge in [-0.05, 0) is 112 Å². The van der Waals surface area contributed by atoms with Gasteiger partial charge < -0.3 is 38.9 Å². The first-order valence-electron chi connectivity index (χ1n) is 24.0. The first kappa shape index (κ1) is 47.5. The van der Waals surface area contributed by atoms with E-state index in [9.17, 15) is 19.8 Å². The number of hydrogen-bond acceptors (Lipinski definition) is 12. The van der Waals surface area contributed by atoms with Gasteiger partial charge in [-0.2, -0.15) is 9.78 Å². The van der Waals surface area contributed by atoms with E-state index in [-0.39, 0.29) is 82.1 Å². The number of carbonyl (C=O) groups is 2. The van der Waals surface area contributed by atoms with Gasteiger partial charge in [0.15, 0.2) is 0 Å². The third-order valence-electron chi connectivity index (χ3n) is 17.6. The summed E-state index contributed by atoms with van der Waals surface area (Å²) in [6, 6.07) is 0. The number of carbonyl (C=O) groups excluding carboxylic acids is 2. The van der Waals surface area contributed by atoms with Gasteiger partial charge >= 0.3 is 11.9 Å². The summed E-state index contributed by atoms with van der Waals surface area (Å²) >= 11 is 0. The molecule has 0 amide bonds. The van der Waals surface area contributed by atoms with Crippen LogP contribution >= 0.6 is 0 Å². The summed E-state index contributed by atoms with van der Waals surface area (Å²) in [5.41, 5.74) is 0.997. The molecule has 62 heavy (non-hydrogen) atoms. The molecule has 7 fully saturated rings. The molecule has 8 unspecified atom stereocenters. The van der Waals surface area contributed by atoms with Gasteiger partial charge in [-0.15, -0.1) is 0 Å². The summed E-state index contributed by atoms with van der Waals surface area (Å²) in [5, 5.41) is 22.5. The molecule has 0 radical (unpaired) electrons. The molecule has 0 aromatic rings. The number of aliphatic hydroxyl groups excluding tert-OH is 2. The SMILES string of the molecule is C=C(CCC)OO[C@H]1CC[C@@]2(C)C(=C[C@H](O)C3C4OCC(OC(C)=O)[C@@]4(C)CCC32)C1.C=C(CCC)OO[C@H]1CC[C@@]2(C)C(C1)C[C@H](O)C1C2CC[C@@]2(C)C1OC[C@@H]2OC(C)=O. The highest BCUT2D eigenvalue weighted by atomic mass is 17.2. The Labute approximate surface area is 370 Å². The molecule has 12 nitrogen and oxygen atoms in total. The molecule has 2 heterocycles. The highest BCUT2D eigenvalue weighted by molar-refractivity contribution is 5.66. The molecule has 12 heteroatoms. The lowest BCUT2D eigenvalue weighted by Crippen LogP contribution is -2.61. The molecule has 2 saturated heterocycles. The van der Waals surface area contributed by atoms with Crippen LogP contribution in [0.15, 0.2) is 36.3 Å². The Bertz CT molecular complexity index is 1680. The van der Waals surface area contributed by atoms with Crippen LogP contribution in [0.4, 0.5) is 0 Å². The molecule has 2 N–H and O–H groups in total. The van der Waals surface area contributed by atoms with Crippen LogP contribution in [0.3, 0.4) is 0 Å². The van der Waals surface area contributed by atoms with Crippen molar-refractivity contribution < 1.29 is 58.3 Å². The minimum atomic E-state index is -0.566. The second-order valence-corrected chi connectivity index (χ2v) is 21.5. The maximum absolute atomic E-state index is 11.6. The zero-order valence-corrected chi connectivity index (χ0v) is 39.0. The minimum Gasteiger partial charge on any atom is -0.459 e. The van der Waals surface area contributed by atoms with Crippen LogP contribution in [0.25, 0.3) is 0 Å². The van der Waals surface area contributed by atoms with E-state index in [0.717, 1.165) is 96.3 Å². The number of hydrogen-bond donors (Lipinski definition) is 2. The molecule has 8 aliphatic rings. The summed E-state index contributed by atoms with van der Waals surface area (Å²) < 4.78 is 23.7. The fourth-order valence-corrected chi connectivity index (χ4v) is 14.1. The molecule has 6 aliphatic carbocycles. The second-order valence-electron chi connectivity index (χ2n) is 21.5.